The van der Waals surface area contributed by atoms with Gasteiger partial charge >= 0.3 is 5.97 Å². The molecule has 1 atom stereocenters. The molecule has 0 aliphatic carbocycles. The number of nitrogens with two attached hydrogens (primary N) is 1. The van der Waals surface area contributed by atoms with Crippen LogP contribution in [0.4, 0.5) is 5.69 Å². The number of pyridine rings is 1. The topological polar surface area (TPSA) is 147 Å². The maximum Gasteiger partial charge on any atom is 0.339 e. The van der Waals surface area contributed by atoms with E-state index in [9.17, 15) is 14.4 Å². The van der Waals surface area contributed by atoms with Crippen LogP contribution >= 0.6 is 0 Å². The number of rotatable bonds is 9. The van der Waals surface area contributed by atoms with Gasteiger partial charge in [0.05, 0.1) is 5.56 Å². The summed E-state index contributed by atoms with van der Waals surface area (Å²) in [7, 11) is 0. The van der Waals surface area contributed by atoms with Crippen LogP contribution in [0.25, 0.3) is 11.1 Å². The fourth-order valence-electron chi connectivity index (χ4n) is 4.11. The van der Waals surface area contributed by atoms with Gasteiger partial charge < -0.3 is 21.1 Å². The van der Waals surface area contributed by atoms with E-state index in [1.807, 2.05) is 58.0 Å². The Labute approximate surface area is 251 Å². The molecule has 220 valence electrons. The molecule has 1 aromatic heterocycles. The molecule has 0 saturated carbocycles. The highest BCUT2D eigenvalue weighted by Crippen LogP contribution is 2.29. The molecule has 4 rings (SSSR count). The highest BCUT2D eigenvalue weighted by Gasteiger charge is 2.25. The van der Waals surface area contributed by atoms with Crippen molar-refractivity contribution in [2.24, 2.45) is 11.1 Å². The van der Waals surface area contributed by atoms with Gasteiger partial charge in [-0.15, -0.1) is 0 Å². The number of hydrogen-bond acceptors (Lipinski definition) is 6. The molecule has 2 amide bonds. The molecule has 0 radical (unpaired) electrons. The molecule has 43 heavy (non-hydrogen) atoms. The van der Waals surface area contributed by atoms with Gasteiger partial charge in [0.1, 0.15) is 18.1 Å². The monoisotopic (exact) mass is 577 g/mol. The maximum absolute atomic E-state index is 13.5. The third kappa shape index (κ3) is 7.71. The zero-order valence-electron chi connectivity index (χ0n) is 24.6. The van der Waals surface area contributed by atoms with Crippen LogP contribution < -0.4 is 16.4 Å². The van der Waals surface area contributed by atoms with Gasteiger partial charge in [0.2, 0.25) is 0 Å². The van der Waals surface area contributed by atoms with Crippen molar-refractivity contribution in [3.05, 3.63) is 119 Å². The summed E-state index contributed by atoms with van der Waals surface area (Å²) >= 11 is 0. The van der Waals surface area contributed by atoms with Crippen LogP contribution in [0.3, 0.4) is 0 Å². The van der Waals surface area contributed by atoms with E-state index in [0.717, 1.165) is 5.56 Å². The highest BCUT2D eigenvalue weighted by molar-refractivity contribution is 6.10. The molecule has 4 aromatic rings. The molecule has 1 heterocycles. The lowest BCUT2D eigenvalue weighted by molar-refractivity contribution is 0.0473. The zero-order valence-corrected chi connectivity index (χ0v) is 24.6. The third-order valence-electron chi connectivity index (χ3n) is 7.13. The molecular weight excluding hydrogens is 542 g/mol. The normalized spacial score (nSPS) is 11.7. The summed E-state index contributed by atoms with van der Waals surface area (Å²) in [6.07, 6.45) is 1.49. The minimum Gasteiger partial charge on any atom is -0.457 e. The van der Waals surface area contributed by atoms with E-state index in [1.165, 1.54) is 12.3 Å². The number of anilines is 1. The average molecular weight is 578 g/mol. The standard InChI is InChI=1S/C34H35N5O4/c1-21(34(2,3)4)38-31(40)24-14-17-26(28(19-24)33(42)43-20-22-9-6-5-7-10-22)27-11-8-18-37-29(27)32(41)39-25-15-12-23(13-16-25)30(35)36/h5-19,21H,20H2,1-4H3,(H3,35,36)(H,38,40)(H,39,41). The van der Waals surface area contributed by atoms with Gasteiger partial charge in [-0.1, -0.05) is 63.2 Å². The summed E-state index contributed by atoms with van der Waals surface area (Å²) in [5, 5.41) is 13.4. The summed E-state index contributed by atoms with van der Waals surface area (Å²) in [6, 6.07) is 23.7. The number of esters is 1. The van der Waals surface area contributed by atoms with Crippen molar-refractivity contribution in [3.8, 4) is 11.1 Å². The Morgan fingerprint density at radius 2 is 1.56 bits per heavy atom. The number of hydrogen-bond donors (Lipinski definition) is 4. The van der Waals surface area contributed by atoms with Crippen LogP contribution in [0.15, 0.2) is 91.1 Å². The van der Waals surface area contributed by atoms with Crippen molar-refractivity contribution >= 4 is 29.3 Å². The van der Waals surface area contributed by atoms with E-state index >= 15 is 0 Å². The zero-order chi connectivity index (χ0) is 31.1. The molecule has 0 fully saturated rings. The number of nitrogen functional groups attached to an aromatic ring is 1. The summed E-state index contributed by atoms with van der Waals surface area (Å²) in [5.74, 6) is -1.56. The Morgan fingerprint density at radius 3 is 2.21 bits per heavy atom. The summed E-state index contributed by atoms with van der Waals surface area (Å²) in [4.78, 5) is 44.4. The van der Waals surface area contributed by atoms with Gasteiger partial charge in [-0.25, -0.2) is 4.79 Å². The number of nitrogens with zero attached hydrogens (tertiary/aromatic N) is 1. The molecule has 5 N–H and O–H groups in total. The van der Waals surface area contributed by atoms with E-state index < -0.39 is 11.9 Å². The summed E-state index contributed by atoms with van der Waals surface area (Å²) < 4.78 is 5.65. The van der Waals surface area contributed by atoms with Crippen LogP contribution in [-0.4, -0.2) is 34.6 Å². The predicted molar refractivity (Wildman–Crippen MR) is 167 cm³/mol. The number of aromatic nitrogens is 1. The molecule has 0 aliphatic rings. The molecule has 9 nitrogen and oxygen atoms in total. The van der Waals surface area contributed by atoms with Gasteiger partial charge in [0.15, 0.2) is 0 Å². The highest BCUT2D eigenvalue weighted by atomic mass is 16.5. The molecular formula is C34H35N5O4. The van der Waals surface area contributed by atoms with Crippen molar-refractivity contribution < 1.29 is 19.1 Å². The van der Waals surface area contributed by atoms with Gasteiger partial charge in [-0.3, -0.25) is 20.0 Å². The second-order valence-electron chi connectivity index (χ2n) is 11.2. The molecule has 0 aliphatic heterocycles. The molecule has 1 unspecified atom stereocenters. The largest absolute Gasteiger partial charge is 0.457 e. The van der Waals surface area contributed by atoms with Crippen LogP contribution in [0, 0.1) is 10.8 Å². The van der Waals surface area contributed by atoms with Crippen LogP contribution in [-0.2, 0) is 11.3 Å². The smallest absolute Gasteiger partial charge is 0.339 e. The third-order valence-corrected chi connectivity index (χ3v) is 7.13. The minimum absolute atomic E-state index is 0.0350. The van der Waals surface area contributed by atoms with Gasteiger partial charge in [0.25, 0.3) is 11.8 Å². The lowest BCUT2D eigenvalue weighted by Gasteiger charge is -2.28. The first-order chi connectivity index (χ1) is 20.4. The van der Waals surface area contributed by atoms with Gasteiger partial charge in [-0.2, -0.15) is 0 Å². The Morgan fingerprint density at radius 1 is 0.884 bits per heavy atom. The maximum atomic E-state index is 13.5. The number of benzene rings is 3. The molecule has 0 bridgehead atoms. The number of carbonyl (C=O) groups is 3. The van der Waals surface area contributed by atoms with Crippen molar-refractivity contribution in [2.45, 2.75) is 40.3 Å². The number of carbonyl (C=O) groups excluding carboxylic acids is 3. The minimum atomic E-state index is -0.646. The van der Waals surface area contributed by atoms with Crippen molar-refractivity contribution in [2.75, 3.05) is 5.32 Å². The van der Waals surface area contributed by atoms with E-state index in [4.69, 9.17) is 15.9 Å². The molecule has 9 heteroatoms. The quantitative estimate of drug-likeness (QED) is 0.112. The number of nitrogens with one attached hydrogen (secondary N) is 3. The first kappa shape index (κ1) is 30.6. The van der Waals surface area contributed by atoms with Crippen molar-refractivity contribution in [1.29, 1.82) is 5.41 Å². The Bertz CT molecular complexity index is 1640. The SMILES string of the molecule is CC(NC(=O)c1ccc(-c2cccnc2C(=O)Nc2ccc(C(=N)N)cc2)c(C(=O)OCc2ccccc2)c1)C(C)(C)C. The summed E-state index contributed by atoms with van der Waals surface area (Å²) in [6.45, 7) is 8.04. The Balaban J connectivity index is 1.70. The first-order valence-electron chi connectivity index (χ1n) is 13.8. The second kappa shape index (κ2) is 13.1. The number of ether oxygens (including phenoxy) is 1. The second-order valence-corrected chi connectivity index (χ2v) is 11.2. The van der Waals surface area contributed by atoms with Crippen molar-refractivity contribution in [1.82, 2.24) is 10.3 Å². The molecule has 0 spiro atoms. The van der Waals surface area contributed by atoms with E-state index in [0.29, 0.717) is 22.4 Å². The van der Waals surface area contributed by atoms with Gasteiger partial charge in [-0.05, 0) is 65.9 Å². The van der Waals surface area contributed by atoms with Gasteiger partial charge in [0, 0.05) is 34.6 Å². The Hall–Kier alpha value is -5.31. The molecule has 0 saturated heterocycles. The van der Waals surface area contributed by atoms with Crippen LogP contribution in [0.5, 0.6) is 0 Å². The van der Waals surface area contributed by atoms with Crippen LogP contribution in [0.2, 0.25) is 0 Å². The number of amides is 2. The van der Waals surface area contributed by atoms with E-state index in [1.54, 1.807) is 48.5 Å². The lowest BCUT2D eigenvalue weighted by atomic mass is 9.88. The fourth-order valence-corrected chi connectivity index (χ4v) is 4.11. The average Bonchev–Trinajstić information content (AvgIpc) is 2.99. The first-order valence-corrected chi connectivity index (χ1v) is 13.8. The van der Waals surface area contributed by atoms with E-state index in [-0.39, 0.29) is 46.6 Å². The summed E-state index contributed by atoms with van der Waals surface area (Å²) in [5.41, 5.74) is 8.44. The fraction of sp³-hybridized carbons (Fsp3) is 0.206. The Kier molecular flexibility index (Phi) is 9.35. The van der Waals surface area contributed by atoms with E-state index in [2.05, 4.69) is 15.6 Å². The predicted octanol–water partition coefficient (Wildman–Crippen LogP) is 5.81. The number of amidine groups is 1. The van der Waals surface area contributed by atoms with Crippen molar-refractivity contribution in [3.63, 3.8) is 0 Å². The van der Waals surface area contributed by atoms with Crippen LogP contribution in [0.1, 0.15) is 70.0 Å². The molecule has 3 aromatic carbocycles. The lowest BCUT2D eigenvalue weighted by Crippen LogP contribution is -2.41.